The van der Waals surface area contributed by atoms with E-state index in [1.54, 1.807) is 35.5 Å². The topological polar surface area (TPSA) is 138 Å². The summed E-state index contributed by atoms with van der Waals surface area (Å²) in [5, 5.41) is 2.92. The highest BCUT2D eigenvalue weighted by Crippen LogP contribution is 2.44. The van der Waals surface area contributed by atoms with Crippen LogP contribution in [0.25, 0.3) is 33.9 Å². The van der Waals surface area contributed by atoms with Gasteiger partial charge in [-0.2, -0.15) is 0 Å². The Morgan fingerprint density at radius 3 is 1.80 bits per heavy atom. The number of aromatic nitrogens is 2. The summed E-state index contributed by atoms with van der Waals surface area (Å²) < 4.78 is 41.4. The number of carbonyl (C=O) groups excluding carboxylic acids is 1. The summed E-state index contributed by atoms with van der Waals surface area (Å²) in [6, 6.07) is 23.5. The maximum absolute atomic E-state index is 13.0. The third-order valence-electron chi connectivity index (χ3n) is 8.95. The molecule has 4 aromatic carbocycles. The summed E-state index contributed by atoms with van der Waals surface area (Å²) in [5.74, 6) is 3.56. The van der Waals surface area contributed by atoms with Gasteiger partial charge in [-0.1, -0.05) is 12.1 Å². The van der Waals surface area contributed by atoms with Gasteiger partial charge in [0.2, 0.25) is 5.75 Å². The Morgan fingerprint density at radius 2 is 1.24 bits per heavy atom. The second-order valence-electron chi connectivity index (χ2n) is 12.5. The van der Waals surface area contributed by atoms with Gasteiger partial charge in [0.05, 0.1) is 73.4 Å². The van der Waals surface area contributed by atoms with Gasteiger partial charge < -0.3 is 48.8 Å². The number of hydrogen-bond acceptors (Lipinski definition) is 10. The number of rotatable bonds is 19. The molecule has 12 nitrogen and oxygen atoms in total. The van der Waals surface area contributed by atoms with Crippen LogP contribution in [0.5, 0.6) is 28.7 Å². The van der Waals surface area contributed by atoms with Crippen molar-refractivity contribution in [3.8, 4) is 62.7 Å². The molecule has 5 aromatic rings. The van der Waals surface area contributed by atoms with Gasteiger partial charge in [0.1, 0.15) is 17.3 Å². The third-order valence-corrected chi connectivity index (χ3v) is 8.95. The molecule has 0 aliphatic heterocycles. The lowest BCUT2D eigenvalue weighted by Crippen LogP contribution is -2.27. The zero-order valence-corrected chi connectivity index (χ0v) is 32.1. The fraction of sp³-hybridized carbons (Fsp3) is 0.333. The van der Waals surface area contributed by atoms with E-state index in [0.717, 1.165) is 56.3 Å². The van der Waals surface area contributed by atoms with E-state index < -0.39 is 0 Å². The molecular formula is C42H50N4O8. The van der Waals surface area contributed by atoms with Crippen LogP contribution in [-0.2, 0) is 16.0 Å². The number of nitrogens with zero attached hydrogens (tertiary/aromatic N) is 2. The molecule has 0 radical (unpaired) electrons. The molecule has 0 fully saturated rings. The fourth-order valence-electron chi connectivity index (χ4n) is 6.27. The Bertz CT molecular complexity index is 2000. The molecule has 12 heteroatoms. The highest BCUT2D eigenvalue weighted by Gasteiger charge is 2.25. The molecule has 0 unspecified atom stereocenters. The van der Waals surface area contributed by atoms with Crippen LogP contribution in [0.15, 0.2) is 72.8 Å². The molecule has 54 heavy (non-hydrogen) atoms. The van der Waals surface area contributed by atoms with Gasteiger partial charge in [0, 0.05) is 41.9 Å². The Hall–Kier alpha value is -5.56. The van der Waals surface area contributed by atoms with Crippen molar-refractivity contribution in [3.05, 3.63) is 95.1 Å². The van der Waals surface area contributed by atoms with E-state index in [9.17, 15) is 4.79 Å². The third kappa shape index (κ3) is 9.14. The van der Waals surface area contributed by atoms with Crippen molar-refractivity contribution in [2.24, 2.45) is 5.73 Å². The number of benzene rings is 4. The van der Waals surface area contributed by atoms with Crippen molar-refractivity contribution in [2.75, 3.05) is 75.1 Å². The van der Waals surface area contributed by atoms with E-state index in [2.05, 4.69) is 22.0 Å². The molecule has 5 rings (SSSR count). The smallest absolute Gasteiger partial charge is 0.251 e. The summed E-state index contributed by atoms with van der Waals surface area (Å²) in [7, 11) is 8.09. The minimum absolute atomic E-state index is 0.183. The summed E-state index contributed by atoms with van der Waals surface area (Å²) >= 11 is 0. The van der Waals surface area contributed by atoms with E-state index in [-0.39, 0.29) is 5.91 Å². The quantitative estimate of drug-likeness (QED) is 0.0928. The van der Waals surface area contributed by atoms with E-state index in [1.807, 2.05) is 74.5 Å². The molecule has 0 bridgehead atoms. The summed E-state index contributed by atoms with van der Waals surface area (Å²) in [5.41, 5.74) is 13.2. The molecule has 0 saturated carbocycles. The number of carbonyl (C=O) groups is 1. The molecule has 1 heterocycles. The maximum Gasteiger partial charge on any atom is 0.251 e. The molecule has 286 valence electrons. The number of aryl methyl sites for hydroxylation is 2. The van der Waals surface area contributed by atoms with Crippen LogP contribution >= 0.6 is 0 Å². The lowest BCUT2D eigenvalue weighted by Gasteiger charge is -2.17. The summed E-state index contributed by atoms with van der Waals surface area (Å²) in [6.07, 6.45) is 0. The highest BCUT2D eigenvalue weighted by atomic mass is 16.5. The Balaban J connectivity index is 1.59. The van der Waals surface area contributed by atoms with Gasteiger partial charge in [0.25, 0.3) is 5.91 Å². The first-order chi connectivity index (χ1) is 26.3. The number of amides is 1. The fourth-order valence-corrected chi connectivity index (χ4v) is 6.27. The number of nitrogens with two attached hydrogens (primary N) is 1. The summed E-state index contributed by atoms with van der Waals surface area (Å²) in [4.78, 5) is 18.3. The molecule has 0 spiro atoms. The largest absolute Gasteiger partial charge is 0.496 e. The van der Waals surface area contributed by atoms with Crippen LogP contribution in [0.2, 0.25) is 0 Å². The van der Waals surface area contributed by atoms with E-state index >= 15 is 0 Å². The van der Waals surface area contributed by atoms with Gasteiger partial charge in [-0.15, -0.1) is 0 Å². The zero-order valence-electron chi connectivity index (χ0n) is 32.1. The highest BCUT2D eigenvalue weighted by molar-refractivity contribution is 5.94. The van der Waals surface area contributed by atoms with Gasteiger partial charge in [-0.25, -0.2) is 4.98 Å². The van der Waals surface area contributed by atoms with Crippen molar-refractivity contribution in [3.63, 3.8) is 0 Å². The van der Waals surface area contributed by atoms with Crippen LogP contribution in [-0.4, -0.2) is 90.5 Å². The molecule has 3 N–H and O–H groups in total. The summed E-state index contributed by atoms with van der Waals surface area (Å²) in [6.45, 7) is 7.09. The van der Waals surface area contributed by atoms with E-state index in [1.165, 1.54) is 0 Å². The lowest BCUT2D eigenvalue weighted by molar-refractivity contribution is 0.0511. The minimum Gasteiger partial charge on any atom is -0.496 e. The average Bonchev–Trinajstić information content (AvgIpc) is 3.57. The van der Waals surface area contributed by atoms with Crippen LogP contribution in [0.1, 0.15) is 27.0 Å². The molecule has 0 aliphatic carbocycles. The van der Waals surface area contributed by atoms with Crippen LogP contribution in [0.4, 0.5) is 0 Å². The van der Waals surface area contributed by atoms with Crippen molar-refractivity contribution < 1.29 is 38.0 Å². The van der Waals surface area contributed by atoms with Crippen molar-refractivity contribution in [1.29, 1.82) is 0 Å². The predicted octanol–water partition coefficient (Wildman–Crippen LogP) is 6.31. The van der Waals surface area contributed by atoms with E-state index in [0.29, 0.717) is 74.7 Å². The van der Waals surface area contributed by atoms with Gasteiger partial charge in [0.15, 0.2) is 11.5 Å². The first-order valence-electron chi connectivity index (χ1n) is 17.7. The molecular weight excluding hydrogens is 688 g/mol. The van der Waals surface area contributed by atoms with Crippen LogP contribution in [0, 0.1) is 13.8 Å². The molecule has 1 aromatic heterocycles. The Labute approximate surface area is 317 Å². The first-order valence-corrected chi connectivity index (χ1v) is 17.7. The van der Waals surface area contributed by atoms with Gasteiger partial charge >= 0.3 is 0 Å². The second-order valence-corrected chi connectivity index (χ2v) is 12.5. The average molecular weight is 739 g/mol. The zero-order chi connectivity index (χ0) is 38.6. The van der Waals surface area contributed by atoms with Gasteiger partial charge in [-0.3, -0.25) is 4.79 Å². The normalized spacial score (nSPS) is 11.0. The molecule has 0 saturated heterocycles. The van der Waals surface area contributed by atoms with Crippen molar-refractivity contribution >= 4 is 5.91 Å². The lowest BCUT2D eigenvalue weighted by atomic mass is 10.0. The number of methoxy groups -OCH3 is 5. The van der Waals surface area contributed by atoms with Crippen molar-refractivity contribution in [1.82, 2.24) is 14.9 Å². The molecule has 0 atom stereocenters. The molecule has 1 amide bonds. The number of imidazole rings is 1. The standard InChI is InChI=1S/C42H50N4O8/c1-27-22-31(12-14-34(27)48-3)38-39(32-13-15-35(49-4)28(2)23-32)46(41(45-38)33-24-36(50-5)40(52-7)37(25-33)51-6)26-29-8-10-30(11-9-29)42(47)44-17-19-54-21-20-53-18-16-43/h8-15,22-25H,16-21,26,43H2,1-7H3,(H,44,47). The van der Waals surface area contributed by atoms with Gasteiger partial charge in [-0.05, 0) is 91.2 Å². The Kier molecular flexibility index (Phi) is 13.9. The predicted molar refractivity (Wildman–Crippen MR) is 209 cm³/mol. The monoisotopic (exact) mass is 738 g/mol. The second kappa shape index (κ2) is 19.0. The number of ether oxygens (including phenoxy) is 7. The number of hydrogen-bond donors (Lipinski definition) is 2. The minimum atomic E-state index is -0.183. The maximum atomic E-state index is 13.0. The molecule has 0 aliphatic rings. The van der Waals surface area contributed by atoms with E-state index in [4.69, 9.17) is 43.9 Å². The van der Waals surface area contributed by atoms with Crippen molar-refractivity contribution in [2.45, 2.75) is 20.4 Å². The number of nitrogens with one attached hydrogen (secondary N) is 1. The Morgan fingerprint density at radius 1 is 0.667 bits per heavy atom. The van der Waals surface area contributed by atoms with Crippen LogP contribution < -0.4 is 34.7 Å². The van der Waals surface area contributed by atoms with Crippen LogP contribution in [0.3, 0.4) is 0 Å². The first kappa shape index (κ1) is 39.6. The SMILES string of the molecule is COc1ccc(-c2nc(-c3cc(OC)c(OC)c(OC)c3)n(Cc3ccc(C(=O)NCCOCCOCCN)cc3)c2-c2ccc(OC)c(C)c2)cc1C.